The molecule has 1 aromatic carbocycles. The number of nitrogens with one attached hydrogen (secondary N) is 1. The van der Waals surface area contributed by atoms with Crippen molar-refractivity contribution in [2.24, 2.45) is 0 Å². The van der Waals surface area contributed by atoms with Crippen molar-refractivity contribution < 1.29 is 9.59 Å². The minimum Gasteiger partial charge on any atom is -0.340 e. The average Bonchev–Trinajstić information content (AvgIpc) is 2.97. The van der Waals surface area contributed by atoms with Crippen LogP contribution in [0.5, 0.6) is 0 Å². The van der Waals surface area contributed by atoms with Crippen molar-refractivity contribution in [3.8, 4) is 0 Å². The van der Waals surface area contributed by atoms with Gasteiger partial charge in [0.2, 0.25) is 5.91 Å². The van der Waals surface area contributed by atoms with E-state index in [0.717, 1.165) is 26.2 Å². The van der Waals surface area contributed by atoms with Crippen molar-refractivity contribution in [3.63, 3.8) is 0 Å². The Morgan fingerprint density at radius 1 is 1.19 bits per heavy atom. The molecule has 1 saturated heterocycles. The van der Waals surface area contributed by atoms with Crippen LogP contribution in [0.1, 0.15) is 30.1 Å². The lowest BCUT2D eigenvalue weighted by Gasteiger charge is -2.21. The predicted molar refractivity (Wildman–Crippen MR) is 83.4 cm³/mol. The van der Waals surface area contributed by atoms with Crippen LogP contribution in [0.25, 0.3) is 0 Å². The Balaban J connectivity index is 1.87. The lowest BCUT2D eigenvalue weighted by Crippen LogP contribution is -2.35. The summed E-state index contributed by atoms with van der Waals surface area (Å²) in [6, 6.07) is 7.01. The molecule has 114 valence electrons. The van der Waals surface area contributed by atoms with Crippen molar-refractivity contribution in [2.45, 2.75) is 19.8 Å². The number of likely N-dealkylation sites (N-methyl/N-ethyl adjacent to an activating group) is 1. The van der Waals surface area contributed by atoms with Crippen LogP contribution in [-0.2, 0) is 4.79 Å². The third kappa shape index (κ3) is 4.56. The van der Waals surface area contributed by atoms with Crippen LogP contribution in [0.4, 0.5) is 5.69 Å². The third-order valence-electron chi connectivity index (χ3n) is 3.75. The summed E-state index contributed by atoms with van der Waals surface area (Å²) < 4.78 is 0. The first-order valence-corrected chi connectivity index (χ1v) is 7.42. The van der Waals surface area contributed by atoms with E-state index in [2.05, 4.69) is 10.2 Å². The van der Waals surface area contributed by atoms with Crippen LogP contribution in [0.15, 0.2) is 24.3 Å². The van der Waals surface area contributed by atoms with E-state index in [-0.39, 0.29) is 11.8 Å². The minimum absolute atomic E-state index is 0.0172. The minimum atomic E-state index is -0.114. The van der Waals surface area contributed by atoms with E-state index in [1.807, 2.05) is 7.05 Å². The molecule has 0 bridgehead atoms. The molecular formula is C16H23N3O2. The molecule has 5 heteroatoms. The molecule has 0 saturated carbocycles. The van der Waals surface area contributed by atoms with Crippen molar-refractivity contribution in [3.05, 3.63) is 29.8 Å². The van der Waals surface area contributed by atoms with Gasteiger partial charge in [0, 0.05) is 38.3 Å². The van der Waals surface area contributed by atoms with Gasteiger partial charge in [-0.05, 0) is 50.2 Å². The van der Waals surface area contributed by atoms with E-state index < -0.39 is 0 Å². The summed E-state index contributed by atoms with van der Waals surface area (Å²) in [7, 11) is 1.83. The maximum atomic E-state index is 12.3. The largest absolute Gasteiger partial charge is 0.340 e. The van der Waals surface area contributed by atoms with E-state index in [1.165, 1.54) is 19.8 Å². The summed E-state index contributed by atoms with van der Waals surface area (Å²) in [5.41, 5.74) is 1.35. The average molecular weight is 289 g/mol. The van der Waals surface area contributed by atoms with Gasteiger partial charge in [-0.15, -0.1) is 0 Å². The fraction of sp³-hybridized carbons (Fsp3) is 0.500. The quantitative estimate of drug-likeness (QED) is 0.899. The first-order chi connectivity index (χ1) is 10.1. The number of hydrogen-bond acceptors (Lipinski definition) is 3. The molecule has 2 amide bonds. The van der Waals surface area contributed by atoms with E-state index >= 15 is 0 Å². The third-order valence-corrected chi connectivity index (χ3v) is 3.75. The normalized spacial score (nSPS) is 15.0. The summed E-state index contributed by atoms with van der Waals surface area (Å²) in [4.78, 5) is 27.4. The fourth-order valence-electron chi connectivity index (χ4n) is 2.52. The Bertz CT molecular complexity index is 493. The number of amides is 2. The first kappa shape index (κ1) is 15.5. The summed E-state index contributed by atoms with van der Waals surface area (Å²) in [5, 5.41) is 2.69. The molecule has 5 nitrogen and oxygen atoms in total. The molecule has 1 N–H and O–H groups in total. The maximum Gasteiger partial charge on any atom is 0.253 e. The molecule has 1 fully saturated rings. The Morgan fingerprint density at radius 2 is 1.81 bits per heavy atom. The van der Waals surface area contributed by atoms with Gasteiger partial charge >= 0.3 is 0 Å². The maximum absolute atomic E-state index is 12.3. The Labute approximate surface area is 125 Å². The number of rotatable bonds is 5. The molecule has 21 heavy (non-hydrogen) atoms. The lowest BCUT2D eigenvalue weighted by atomic mass is 10.2. The van der Waals surface area contributed by atoms with E-state index in [1.54, 1.807) is 29.2 Å². The zero-order valence-electron chi connectivity index (χ0n) is 12.8. The van der Waals surface area contributed by atoms with Gasteiger partial charge in [0.15, 0.2) is 0 Å². The number of nitrogens with zero attached hydrogens (tertiary/aromatic N) is 2. The molecule has 0 aliphatic carbocycles. The topological polar surface area (TPSA) is 52.7 Å². The van der Waals surface area contributed by atoms with E-state index in [4.69, 9.17) is 0 Å². The van der Waals surface area contributed by atoms with Crippen LogP contribution < -0.4 is 5.32 Å². The number of likely N-dealkylation sites (tertiary alicyclic amines) is 1. The van der Waals surface area contributed by atoms with Crippen LogP contribution in [0.2, 0.25) is 0 Å². The van der Waals surface area contributed by atoms with Crippen LogP contribution >= 0.6 is 0 Å². The molecular weight excluding hydrogens is 266 g/mol. The summed E-state index contributed by atoms with van der Waals surface area (Å²) in [5.74, 6) is -0.0969. The summed E-state index contributed by atoms with van der Waals surface area (Å²) in [6.45, 7) is 5.44. The Hall–Kier alpha value is -1.88. The zero-order chi connectivity index (χ0) is 15.2. The number of benzene rings is 1. The monoisotopic (exact) mass is 289 g/mol. The standard InChI is InChI=1S/C16H23N3O2/c1-13(20)17-15-7-5-14(6-8-15)16(21)18(2)11-12-19-9-3-4-10-19/h5-8H,3-4,9-12H2,1-2H3,(H,17,20). The van der Waals surface area contributed by atoms with E-state index in [9.17, 15) is 9.59 Å². The van der Waals surface area contributed by atoms with Crippen LogP contribution in [0, 0.1) is 0 Å². The van der Waals surface area contributed by atoms with Gasteiger partial charge in [-0.25, -0.2) is 0 Å². The van der Waals surface area contributed by atoms with Crippen LogP contribution in [-0.4, -0.2) is 54.8 Å². The molecule has 0 unspecified atom stereocenters. The van der Waals surface area contributed by atoms with E-state index in [0.29, 0.717) is 11.3 Å². The van der Waals surface area contributed by atoms with Gasteiger partial charge in [-0.2, -0.15) is 0 Å². The molecule has 0 spiro atoms. The number of hydrogen-bond donors (Lipinski definition) is 1. The smallest absolute Gasteiger partial charge is 0.253 e. The van der Waals surface area contributed by atoms with Gasteiger partial charge in [0.1, 0.15) is 0 Å². The van der Waals surface area contributed by atoms with Crippen LogP contribution in [0.3, 0.4) is 0 Å². The van der Waals surface area contributed by atoms with Crippen molar-refractivity contribution in [1.29, 1.82) is 0 Å². The van der Waals surface area contributed by atoms with Crippen molar-refractivity contribution >= 4 is 17.5 Å². The second-order valence-corrected chi connectivity index (χ2v) is 5.53. The Kier molecular flexibility index (Phi) is 5.33. The lowest BCUT2D eigenvalue weighted by molar-refractivity contribution is -0.114. The molecule has 1 aromatic rings. The Morgan fingerprint density at radius 3 is 2.38 bits per heavy atom. The highest BCUT2D eigenvalue weighted by atomic mass is 16.2. The van der Waals surface area contributed by atoms with Gasteiger partial charge in [-0.3, -0.25) is 9.59 Å². The molecule has 1 aliphatic heterocycles. The predicted octanol–water partition coefficient (Wildman–Crippen LogP) is 1.81. The zero-order valence-corrected chi connectivity index (χ0v) is 12.8. The van der Waals surface area contributed by atoms with Gasteiger partial charge in [-0.1, -0.05) is 0 Å². The van der Waals surface area contributed by atoms with Gasteiger partial charge in [0.25, 0.3) is 5.91 Å². The molecule has 0 radical (unpaired) electrons. The number of carbonyl (C=O) groups excluding carboxylic acids is 2. The molecule has 0 atom stereocenters. The SMILES string of the molecule is CC(=O)Nc1ccc(C(=O)N(C)CCN2CCCC2)cc1. The highest BCUT2D eigenvalue weighted by molar-refractivity contribution is 5.95. The number of carbonyl (C=O) groups is 2. The highest BCUT2D eigenvalue weighted by Gasteiger charge is 2.15. The second kappa shape index (κ2) is 7.22. The van der Waals surface area contributed by atoms with Gasteiger partial charge < -0.3 is 15.1 Å². The summed E-state index contributed by atoms with van der Waals surface area (Å²) in [6.07, 6.45) is 2.53. The highest BCUT2D eigenvalue weighted by Crippen LogP contribution is 2.12. The van der Waals surface area contributed by atoms with Crippen molar-refractivity contribution in [1.82, 2.24) is 9.80 Å². The summed E-state index contributed by atoms with van der Waals surface area (Å²) >= 11 is 0. The molecule has 1 aliphatic rings. The first-order valence-electron chi connectivity index (χ1n) is 7.42. The van der Waals surface area contributed by atoms with Crippen molar-refractivity contribution in [2.75, 3.05) is 38.5 Å². The second-order valence-electron chi connectivity index (χ2n) is 5.53. The molecule has 1 heterocycles. The molecule has 0 aromatic heterocycles. The fourth-order valence-corrected chi connectivity index (χ4v) is 2.52. The van der Waals surface area contributed by atoms with Gasteiger partial charge in [0.05, 0.1) is 0 Å². The number of anilines is 1. The molecule has 2 rings (SSSR count).